The molecule has 0 N–H and O–H groups in total. The lowest BCUT2D eigenvalue weighted by molar-refractivity contribution is 0.860. The minimum Gasteiger partial charge on any atom is -0.319 e. The van der Waals surface area contributed by atoms with Crippen molar-refractivity contribution >= 4 is 11.6 Å². The number of hydrogen-bond acceptors (Lipinski definition) is 1. The summed E-state index contributed by atoms with van der Waals surface area (Å²) in [4.78, 5) is 10.7. The van der Waals surface area contributed by atoms with Gasteiger partial charge in [0.1, 0.15) is 0 Å². The Morgan fingerprint density at radius 1 is 1.67 bits per heavy atom. The van der Waals surface area contributed by atoms with Crippen LogP contribution < -0.4 is 5.56 Å². The van der Waals surface area contributed by atoms with Gasteiger partial charge in [0, 0.05) is 24.3 Å². The molecular formula is C6H6ClNO. The number of rotatable bonds is 0. The van der Waals surface area contributed by atoms with E-state index in [2.05, 4.69) is 0 Å². The molecule has 0 atom stereocenters. The molecule has 1 aromatic heterocycles. The van der Waals surface area contributed by atoms with Gasteiger partial charge in [0.2, 0.25) is 0 Å². The Balaban J connectivity index is 3.34. The minimum atomic E-state index is -0.0810. The summed E-state index contributed by atoms with van der Waals surface area (Å²) < 4.78 is 1.46. The molecule has 9 heavy (non-hydrogen) atoms. The first-order valence-corrected chi connectivity index (χ1v) is 2.90. The van der Waals surface area contributed by atoms with Crippen LogP contribution >= 0.6 is 11.6 Å². The van der Waals surface area contributed by atoms with Crippen molar-refractivity contribution in [2.24, 2.45) is 7.05 Å². The van der Waals surface area contributed by atoms with Gasteiger partial charge in [-0.3, -0.25) is 4.79 Å². The van der Waals surface area contributed by atoms with Gasteiger partial charge in [0.15, 0.2) is 0 Å². The standard InChI is InChI=1S/C6H6ClNO/c1-8-3-2-5(7)4-6(8)9/h2-4H,1H3. The van der Waals surface area contributed by atoms with Crippen LogP contribution in [0.25, 0.3) is 0 Å². The Morgan fingerprint density at radius 3 is 2.78 bits per heavy atom. The number of aromatic nitrogens is 1. The Hall–Kier alpha value is -0.760. The quantitative estimate of drug-likeness (QED) is 0.532. The third-order valence-electron chi connectivity index (χ3n) is 1.07. The highest BCUT2D eigenvalue weighted by Crippen LogP contribution is 2.00. The zero-order valence-electron chi connectivity index (χ0n) is 4.97. The molecule has 0 saturated carbocycles. The molecule has 0 amide bonds. The number of halogens is 1. The Bertz CT molecular complexity index is 266. The van der Waals surface area contributed by atoms with E-state index in [0.29, 0.717) is 5.02 Å². The number of pyridine rings is 1. The fourth-order valence-electron chi connectivity index (χ4n) is 0.524. The van der Waals surface area contributed by atoms with Crippen molar-refractivity contribution in [3.8, 4) is 0 Å². The van der Waals surface area contributed by atoms with Gasteiger partial charge in [-0.25, -0.2) is 0 Å². The lowest BCUT2D eigenvalue weighted by atomic mass is 10.5. The maximum atomic E-state index is 10.7. The lowest BCUT2D eigenvalue weighted by Crippen LogP contribution is -2.13. The highest BCUT2D eigenvalue weighted by Gasteiger charge is 1.88. The van der Waals surface area contributed by atoms with E-state index in [9.17, 15) is 4.79 Å². The normalized spacial score (nSPS) is 9.56. The molecule has 0 aliphatic heterocycles. The average molecular weight is 144 g/mol. The molecule has 0 spiro atoms. The van der Waals surface area contributed by atoms with Gasteiger partial charge >= 0.3 is 0 Å². The van der Waals surface area contributed by atoms with Gasteiger partial charge in [0.05, 0.1) is 0 Å². The summed E-state index contributed by atoms with van der Waals surface area (Å²) in [5.74, 6) is 0. The second-order valence-electron chi connectivity index (χ2n) is 1.79. The molecule has 0 bridgehead atoms. The molecule has 0 fully saturated rings. The van der Waals surface area contributed by atoms with Crippen molar-refractivity contribution in [3.63, 3.8) is 0 Å². The molecule has 1 aromatic rings. The molecule has 1 heterocycles. The van der Waals surface area contributed by atoms with Gasteiger partial charge in [-0.2, -0.15) is 0 Å². The van der Waals surface area contributed by atoms with Crippen LogP contribution in [0.3, 0.4) is 0 Å². The predicted octanol–water partition coefficient (Wildman–Crippen LogP) is 1.04. The Labute approximate surface area is 57.7 Å². The summed E-state index contributed by atoms with van der Waals surface area (Å²) in [6.45, 7) is 0. The summed E-state index contributed by atoms with van der Waals surface area (Å²) in [6.07, 6.45) is 1.63. The van der Waals surface area contributed by atoms with Crippen molar-refractivity contribution in [1.29, 1.82) is 0 Å². The van der Waals surface area contributed by atoms with E-state index in [0.717, 1.165) is 0 Å². The fourth-order valence-corrected chi connectivity index (χ4v) is 0.674. The molecule has 0 aliphatic rings. The smallest absolute Gasteiger partial charge is 0.251 e. The highest BCUT2D eigenvalue weighted by molar-refractivity contribution is 6.30. The molecule has 2 nitrogen and oxygen atoms in total. The van der Waals surface area contributed by atoms with E-state index in [1.807, 2.05) is 0 Å². The van der Waals surface area contributed by atoms with Crippen LogP contribution in [0.1, 0.15) is 0 Å². The van der Waals surface area contributed by atoms with Crippen molar-refractivity contribution < 1.29 is 0 Å². The van der Waals surface area contributed by atoms with Crippen LogP contribution in [-0.4, -0.2) is 4.57 Å². The van der Waals surface area contributed by atoms with Gasteiger partial charge in [-0.1, -0.05) is 11.6 Å². The van der Waals surface area contributed by atoms with Crippen LogP contribution in [0.4, 0.5) is 0 Å². The average Bonchev–Trinajstić information content (AvgIpc) is 1.80. The van der Waals surface area contributed by atoms with Crippen LogP contribution in [-0.2, 0) is 7.05 Å². The molecule has 0 aromatic carbocycles. The SMILES string of the molecule is Cn1ccc(Cl)cc1=O. The molecule has 0 aliphatic carbocycles. The van der Waals surface area contributed by atoms with E-state index in [-0.39, 0.29) is 5.56 Å². The van der Waals surface area contributed by atoms with E-state index in [1.165, 1.54) is 10.6 Å². The van der Waals surface area contributed by atoms with E-state index in [4.69, 9.17) is 11.6 Å². The van der Waals surface area contributed by atoms with Gasteiger partial charge < -0.3 is 4.57 Å². The fraction of sp³-hybridized carbons (Fsp3) is 0.167. The molecule has 48 valence electrons. The first kappa shape index (κ1) is 6.36. The van der Waals surface area contributed by atoms with E-state index >= 15 is 0 Å². The van der Waals surface area contributed by atoms with Crippen LogP contribution in [0.2, 0.25) is 5.02 Å². The first-order valence-electron chi connectivity index (χ1n) is 2.52. The number of hydrogen-bond donors (Lipinski definition) is 0. The third kappa shape index (κ3) is 1.33. The minimum absolute atomic E-state index is 0.0810. The largest absolute Gasteiger partial charge is 0.319 e. The van der Waals surface area contributed by atoms with Crippen LogP contribution in [0, 0.1) is 0 Å². The summed E-state index contributed by atoms with van der Waals surface area (Å²) in [6, 6.07) is 3.05. The zero-order valence-corrected chi connectivity index (χ0v) is 5.72. The summed E-state index contributed by atoms with van der Waals surface area (Å²) >= 11 is 5.50. The van der Waals surface area contributed by atoms with Crippen molar-refractivity contribution in [2.75, 3.05) is 0 Å². The highest BCUT2D eigenvalue weighted by atomic mass is 35.5. The molecule has 0 radical (unpaired) electrons. The summed E-state index contributed by atoms with van der Waals surface area (Å²) in [5.41, 5.74) is -0.0810. The number of nitrogens with zero attached hydrogens (tertiary/aromatic N) is 1. The second kappa shape index (κ2) is 2.23. The van der Waals surface area contributed by atoms with Crippen molar-refractivity contribution in [1.82, 2.24) is 4.57 Å². The first-order chi connectivity index (χ1) is 4.20. The predicted molar refractivity (Wildman–Crippen MR) is 36.7 cm³/mol. The topological polar surface area (TPSA) is 22.0 Å². The van der Waals surface area contributed by atoms with E-state index < -0.39 is 0 Å². The third-order valence-corrected chi connectivity index (χ3v) is 1.30. The van der Waals surface area contributed by atoms with Crippen LogP contribution in [0.5, 0.6) is 0 Å². The van der Waals surface area contributed by atoms with Crippen molar-refractivity contribution in [2.45, 2.75) is 0 Å². The summed E-state index contributed by atoms with van der Waals surface area (Å²) in [5, 5.41) is 0.484. The second-order valence-corrected chi connectivity index (χ2v) is 2.23. The maximum absolute atomic E-state index is 10.7. The van der Waals surface area contributed by atoms with Crippen LogP contribution in [0.15, 0.2) is 23.1 Å². The molecule has 0 unspecified atom stereocenters. The Morgan fingerprint density at radius 2 is 2.33 bits per heavy atom. The van der Waals surface area contributed by atoms with Gasteiger partial charge in [-0.05, 0) is 6.07 Å². The molecule has 3 heteroatoms. The molecule has 0 saturated heterocycles. The molecule has 1 rings (SSSR count). The van der Waals surface area contributed by atoms with Gasteiger partial charge in [-0.15, -0.1) is 0 Å². The molecular weight excluding hydrogens is 138 g/mol. The number of aryl methyl sites for hydroxylation is 1. The monoisotopic (exact) mass is 143 g/mol. The van der Waals surface area contributed by atoms with Gasteiger partial charge in [0.25, 0.3) is 5.56 Å². The Kier molecular flexibility index (Phi) is 1.58. The van der Waals surface area contributed by atoms with Crippen molar-refractivity contribution in [3.05, 3.63) is 33.7 Å². The maximum Gasteiger partial charge on any atom is 0.251 e. The van der Waals surface area contributed by atoms with E-state index in [1.54, 1.807) is 19.3 Å². The lowest BCUT2D eigenvalue weighted by Gasteiger charge is -1.92. The summed E-state index contributed by atoms with van der Waals surface area (Å²) in [7, 11) is 1.68. The zero-order chi connectivity index (χ0) is 6.85.